The van der Waals surface area contributed by atoms with E-state index < -0.39 is 46.4 Å². The molecule has 0 N–H and O–H groups in total. The molecule has 2 aromatic heterocycles. The number of rotatable bonds is 5. The number of hydrogen-bond acceptors (Lipinski definition) is 4. The van der Waals surface area contributed by atoms with E-state index in [1.54, 1.807) is 6.07 Å². The van der Waals surface area contributed by atoms with Crippen LogP contribution in [0.25, 0.3) is 0 Å². The summed E-state index contributed by atoms with van der Waals surface area (Å²) >= 11 is 0. The third-order valence-corrected chi connectivity index (χ3v) is 5.48. The summed E-state index contributed by atoms with van der Waals surface area (Å²) in [5, 5.41) is 7.57. The summed E-state index contributed by atoms with van der Waals surface area (Å²) in [5.41, 5.74) is -7.59. The molecule has 6 nitrogen and oxygen atoms in total. The van der Waals surface area contributed by atoms with Crippen molar-refractivity contribution in [2.45, 2.75) is 18.0 Å². The van der Waals surface area contributed by atoms with E-state index in [0.29, 0.717) is 12.4 Å². The monoisotopic (exact) mass is 508 g/mol. The van der Waals surface area contributed by atoms with Crippen LogP contribution in [0.5, 0.6) is 0 Å². The van der Waals surface area contributed by atoms with Gasteiger partial charge >= 0.3 is 18.3 Å². The molecule has 12 heteroatoms. The number of alkyl halides is 6. The Morgan fingerprint density at radius 1 is 0.833 bits per heavy atom. The van der Waals surface area contributed by atoms with Crippen LogP contribution in [0.3, 0.4) is 0 Å². The van der Waals surface area contributed by atoms with Gasteiger partial charge in [0.2, 0.25) is 5.60 Å². The van der Waals surface area contributed by atoms with Crippen LogP contribution < -0.4 is 0 Å². The van der Waals surface area contributed by atoms with Crippen LogP contribution in [0.4, 0.5) is 26.3 Å². The lowest BCUT2D eigenvalue weighted by Crippen LogP contribution is -2.41. The van der Waals surface area contributed by atoms with Crippen LogP contribution in [0, 0.1) is 0 Å². The zero-order valence-electron chi connectivity index (χ0n) is 18.8. The molecular formula is C24H18F6N4O2. The largest absolute Gasteiger partial charge is 0.437 e. The first-order valence-corrected chi connectivity index (χ1v) is 10.4. The molecule has 0 amide bonds. The Labute approximate surface area is 200 Å². The number of ether oxygens (including phenoxy) is 1. The summed E-state index contributed by atoms with van der Waals surface area (Å²) < 4.78 is 92.4. The standard InChI is InChI=1S/C24H18F6N4O2/c1-33-14-18(24(28,29)30)19(32-33)22(16-11-7-4-8-12-16,36-21(35)15-9-5-3-6-10-15)20-17(23(25,26)27)13-31-34(20)2/h3-14H,1-2H3/t22-/m1/s1. The van der Waals surface area contributed by atoms with Crippen LogP contribution >= 0.6 is 0 Å². The van der Waals surface area contributed by atoms with Crippen molar-refractivity contribution >= 4 is 5.97 Å². The minimum absolute atomic E-state index is 0.0852. The van der Waals surface area contributed by atoms with E-state index in [0.717, 1.165) is 16.4 Å². The van der Waals surface area contributed by atoms with Gasteiger partial charge in [0.25, 0.3) is 0 Å². The number of aryl methyl sites for hydroxylation is 2. The minimum atomic E-state index is -5.05. The second kappa shape index (κ2) is 8.85. The van der Waals surface area contributed by atoms with Crippen molar-refractivity contribution in [2.75, 3.05) is 0 Å². The number of carbonyl (C=O) groups is 1. The zero-order chi connectivity index (χ0) is 26.3. The van der Waals surface area contributed by atoms with Gasteiger partial charge in [-0.25, -0.2) is 4.79 Å². The van der Waals surface area contributed by atoms with E-state index in [9.17, 15) is 31.1 Å². The number of hydrogen-bond donors (Lipinski definition) is 0. The molecule has 4 aromatic rings. The van der Waals surface area contributed by atoms with E-state index in [2.05, 4.69) is 10.2 Å². The van der Waals surface area contributed by atoms with Crippen molar-refractivity contribution in [3.63, 3.8) is 0 Å². The van der Waals surface area contributed by atoms with Gasteiger partial charge in [-0.15, -0.1) is 0 Å². The van der Waals surface area contributed by atoms with E-state index in [-0.39, 0.29) is 11.1 Å². The fraction of sp³-hybridized carbons (Fsp3) is 0.208. The van der Waals surface area contributed by atoms with Gasteiger partial charge in [-0.1, -0.05) is 48.5 Å². The summed E-state index contributed by atoms with van der Waals surface area (Å²) in [4.78, 5) is 13.3. The lowest BCUT2D eigenvalue weighted by atomic mass is 9.82. The molecule has 0 saturated carbocycles. The van der Waals surface area contributed by atoms with Crippen molar-refractivity contribution in [3.8, 4) is 0 Å². The van der Waals surface area contributed by atoms with Gasteiger partial charge in [-0.2, -0.15) is 36.5 Å². The summed E-state index contributed by atoms with van der Waals surface area (Å²) in [5.74, 6) is -1.16. The van der Waals surface area contributed by atoms with Crippen LogP contribution in [-0.2, 0) is 36.8 Å². The molecule has 0 aliphatic rings. The Bertz CT molecular complexity index is 1380. The predicted molar refractivity (Wildman–Crippen MR) is 115 cm³/mol. The summed E-state index contributed by atoms with van der Waals surface area (Å²) in [6.45, 7) is 0. The van der Waals surface area contributed by atoms with Gasteiger partial charge < -0.3 is 4.74 Å². The summed E-state index contributed by atoms with van der Waals surface area (Å²) in [6, 6.07) is 14.1. The maximum atomic E-state index is 14.2. The normalized spacial score (nSPS) is 13.9. The average Bonchev–Trinajstić information content (AvgIpc) is 3.42. The molecule has 36 heavy (non-hydrogen) atoms. The lowest BCUT2D eigenvalue weighted by Gasteiger charge is -2.35. The molecule has 2 aromatic carbocycles. The lowest BCUT2D eigenvalue weighted by molar-refractivity contribution is -0.141. The number of carbonyl (C=O) groups excluding carboxylic acids is 1. The van der Waals surface area contributed by atoms with Gasteiger partial charge in [-0.3, -0.25) is 9.36 Å². The molecule has 0 unspecified atom stereocenters. The van der Waals surface area contributed by atoms with Crippen molar-refractivity contribution in [1.29, 1.82) is 0 Å². The third-order valence-electron chi connectivity index (χ3n) is 5.48. The first-order chi connectivity index (χ1) is 16.9. The SMILES string of the molecule is Cn1cc(C(F)(F)F)c([C@](OC(=O)c2ccccc2)(c2ccccc2)c2c(C(F)(F)F)cnn2C)n1. The maximum absolute atomic E-state index is 14.2. The van der Waals surface area contributed by atoms with Crippen molar-refractivity contribution < 1.29 is 35.9 Å². The fourth-order valence-electron chi connectivity index (χ4n) is 4.00. The maximum Gasteiger partial charge on any atom is 0.419 e. The second-order valence-electron chi connectivity index (χ2n) is 7.89. The molecular weight excluding hydrogens is 490 g/mol. The Morgan fingerprint density at radius 2 is 1.39 bits per heavy atom. The van der Waals surface area contributed by atoms with E-state index >= 15 is 0 Å². The molecule has 0 spiro atoms. The average molecular weight is 508 g/mol. The molecule has 2 heterocycles. The van der Waals surface area contributed by atoms with Crippen LogP contribution in [0.2, 0.25) is 0 Å². The topological polar surface area (TPSA) is 61.9 Å². The molecule has 188 valence electrons. The van der Waals surface area contributed by atoms with Gasteiger partial charge in [-0.05, 0) is 12.1 Å². The smallest absolute Gasteiger partial charge is 0.419 e. The van der Waals surface area contributed by atoms with Gasteiger partial charge in [0, 0.05) is 25.9 Å². The van der Waals surface area contributed by atoms with Crippen molar-refractivity contribution in [3.05, 3.63) is 107 Å². The zero-order valence-corrected chi connectivity index (χ0v) is 18.8. The van der Waals surface area contributed by atoms with Crippen molar-refractivity contribution in [2.24, 2.45) is 14.1 Å². The van der Waals surface area contributed by atoms with E-state index in [1.807, 2.05) is 0 Å². The number of aromatic nitrogens is 4. The van der Waals surface area contributed by atoms with Gasteiger partial charge in [0.05, 0.1) is 11.8 Å². The summed E-state index contributed by atoms with van der Waals surface area (Å²) in [7, 11) is 2.30. The molecule has 0 fully saturated rings. The first kappa shape index (κ1) is 25.0. The Morgan fingerprint density at radius 3 is 1.94 bits per heavy atom. The fourth-order valence-corrected chi connectivity index (χ4v) is 4.00. The minimum Gasteiger partial charge on any atom is -0.437 e. The van der Waals surface area contributed by atoms with Crippen LogP contribution in [0.1, 0.15) is 38.4 Å². The molecule has 0 saturated heterocycles. The number of nitrogens with zero attached hydrogens (tertiary/aromatic N) is 4. The second-order valence-corrected chi connectivity index (χ2v) is 7.89. The highest BCUT2D eigenvalue weighted by atomic mass is 19.4. The quantitative estimate of drug-likeness (QED) is 0.270. The Hall–Kier alpha value is -4.09. The molecule has 0 radical (unpaired) electrons. The van der Waals surface area contributed by atoms with Crippen LogP contribution in [-0.4, -0.2) is 25.5 Å². The van der Waals surface area contributed by atoms with Crippen molar-refractivity contribution in [1.82, 2.24) is 19.6 Å². The molecule has 4 rings (SSSR count). The first-order valence-electron chi connectivity index (χ1n) is 10.4. The highest BCUT2D eigenvalue weighted by Gasteiger charge is 2.55. The third kappa shape index (κ3) is 4.34. The molecule has 0 aliphatic heterocycles. The van der Waals surface area contributed by atoms with E-state index in [1.165, 1.54) is 61.6 Å². The highest BCUT2D eigenvalue weighted by molar-refractivity contribution is 5.90. The highest BCUT2D eigenvalue weighted by Crippen LogP contribution is 2.49. The number of benzene rings is 2. The van der Waals surface area contributed by atoms with E-state index in [4.69, 9.17) is 4.74 Å². The summed E-state index contributed by atoms with van der Waals surface area (Å²) in [6.07, 6.45) is -9.00. The molecule has 1 atom stereocenters. The van der Waals surface area contributed by atoms with Crippen LogP contribution in [0.15, 0.2) is 73.1 Å². The van der Waals surface area contributed by atoms with Gasteiger partial charge in [0.1, 0.15) is 22.5 Å². The number of halogens is 6. The van der Waals surface area contributed by atoms with Gasteiger partial charge in [0.15, 0.2) is 0 Å². The molecule has 0 bridgehead atoms. The molecule has 0 aliphatic carbocycles. The Kier molecular flexibility index (Phi) is 6.15. The Balaban J connectivity index is 2.16. The predicted octanol–water partition coefficient (Wildman–Crippen LogP) is 5.34. The number of esters is 1.